The van der Waals surface area contributed by atoms with E-state index in [4.69, 9.17) is 10.8 Å². The van der Waals surface area contributed by atoms with Crippen LogP contribution in [0.2, 0.25) is 0 Å². The molecule has 2 unspecified atom stereocenters. The Morgan fingerprint density at radius 1 is 1.50 bits per heavy atom. The van der Waals surface area contributed by atoms with Crippen molar-refractivity contribution in [3.8, 4) is 5.75 Å². The summed E-state index contributed by atoms with van der Waals surface area (Å²) in [6.45, 7) is 0. The molecule has 3 N–H and O–H groups in total. The van der Waals surface area contributed by atoms with Crippen LogP contribution in [-0.4, -0.2) is 11.1 Å². The maximum atomic E-state index is 13.1. The first kappa shape index (κ1) is 7.55. The molecule has 0 aliphatic heterocycles. The number of benzene rings is 1. The van der Waals surface area contributed by atoms with E-state index in [0.717, 1.165) is 12.5 Å². The van der Waals surface area contributed by atoms with E-state index in [2.05, 4.69) is 0 Å². The Kier molecular flexibility index (Phi) is 1.54. The summed E-state index contributed by atoms with van der Waals surface area (Å²) in [6.07, 6.45) is 0.849. The van der Waals surface area contributed by atoms with Crippen LogP contribution in [0.5, 0.6) is 5.75 Å². The molecule has 0 heterocycles. The summed E-state index contributed by atoms with van der Waals surface area (Å²) in [5.74, 6) is -0.232. The second-order valence-corrected chi connectivity index (χ2v) is 3.21. The Bertz CT molecular complexity index is 313. The Morgan fingerprint density at radius 3 is 2.67 bits per heavy atom. The van der Waals surface area contributed by atoms with Crippen LogP contribution in [0.25, 0.3) is 0 Å². The Morgan fingerprint density at radius 2 is 2.17 bits per heavy atom. The van der Waals surface area contributed by atoms with Gasteiger partial charge in [-0.15, -0.1) is 0 Å². The molecule has 1 aliphatic rings. The summed E-state index contributed by atoms with van der Waals surface area (Å²) in [5, 5.41) is 8.93. The van der Waals surface area contributed by atoms with Crippen molar-refractivity contribution < 1.29 is 9.50 Å². The second kappa shape index (κ2) is 2.45. The van der Waals surface area contributed by atoms with Gasteiger partial charge < -0.3 is 10.8 Å². The standard InChI is InChI=1S/C9H10FNO/c10-8-3-5(12)1-2-6(8)7-4-9(7)11/h1-3,7,9,12H,4,11H2. The smallest absolute Gasteiger partial charge is 0.130 e. The van der Waals surface area contributed by atoms with Gasteiger partial charge in [-0.3, -0.25) is 0 Å². The normalized spacial score (nSPS) is 27.2. The molecule has 2 rings (SSSR count). The Hall–Kier alpha value is -1.09. The minimum absolute atomic E-state index is 0.0366. The van der Waals surface area contributed by atoms with Gasteiger partial charge >= 0.3 is 0 Å². The second-order valence-electron chi connectivity index (χ2n) is 3.21. The molecule has 0 spiro atoms. The average Bonchev–Trinajstić information content (AvgIpc) is 2.66. The largest absolute Gasteiger partial charge is 0.508 e. The Labute approximate surface area is 69.8 Å². The van der Waals surface area contributed by atoms with Crippen LogP contribution >= 0.6 is 0 Å². The van der Waals surface area contributed by atoms with Crippen molar-refractivity contribution in [2.24, 2.45) is 5.73 Å². The third-order valence-electron chi connectivity index (χ3n) is 2.22. The topological polar surface area (TPSA) is 46.2 Å². The van der Waals surface area contributed by atoms with E-state index in [-0.39, 0.29) is 23.5 Å². The zero-order valence-corrected chi connectivity index (χ0v) is 6.50. The lowest BCUT2D eigenvalue weighted by Gasteiger charge is -2.00. The van der Waals surface area contributed by atoms with E-state index >= 15 is 0 Å². The fraction of sp³-hybridized carbons (Fsp3) is 0.333. The van der Waals surface area contributed by atoms with Crippen molar-refractivity contribution in [3.05, 3.63) is 29.6 Å². The van der Waals surface area contributed by atoms with Crippen LogP contribution in [0.4, 0.5) is 4.39 Å². The molecule has 0 bridgehead atoms. The highest BCUT2D eigenvalue weighted by Gasteiger charge is 2.36. The molecular weight excluding hydrogens is 157 g/mol. The molecular formula is C9H10FNO. The van der Waals surface area contributed by atoms with Gasteiger partial charge in [0.05, 0.1) is 0 Å². The van der Waals surface area contributed by atoms with Gasteiger partial charge in [-0.25, -0.2) is 4.39 Å². The number of halogens is 1. The van der Waals surface area contributed by atoms with Gasteiger partial charge in [0, 0.05) is 18.0 Å². The molecule has 1 fully saturated rings. The van der Waals surface area contributed by atoms with E-state index < -0.39 is 0 Å². The number of rotatable bonds is 1. The van der Waals surface area contributed by atoms with Crippen LogP contribution in [0.1, 0.15) is 17.9 Å². The highest BCUT2D eigenvalue weighted by Crippen LogP contribution is 2.40. The molecule has 0 aromatic heterocycles. The maximum absolute atomic E-state index is 13.1. The number of phenolic OH excluding ortho intramolecular Hbond substituents is 1. The van der Waals surface area contributed by atoms with Gasteiger partial charge in [0.2, 0.25) is 0 Å². The lowest BCUT2D eigenvalue weighted by Crippen LogP contribution is -2.02. The molecule has 0 amide bonds. The van der Waals surface area contributed by atoms with Crippen molar-refractivity contribution in [2.75, 3.05) is 0 Å². The summed E-state index contributed by atoms with van der Waals surface area (Å²) in [4.78, 5) is 0. The summed E-state index contributed by atoms with van der Waals surface area (Å²) >= 11 is 0. The first-order valence-corrected chi connectivity index (χ1v) is 3.92. The van der Waals surface area contributed by atoms with Crippen molar-refractivity contribution in [1.29, 1.82) is 0 Å². The molecule has 1 aromatic carbocycles. The first-order valence-electron chi connectivity index (χ1n) is 3.92. The van der Waals surface area contributed by atoms with E-state index in [1.165, 1.54) is 6.07 Å². The first-order chi connectivity index (χ1) is 5.68. The van der Waals surface area contributed by atoms with Gasteiger partial charge in [0.15, 0.2) is 0 Å². The highest BCUT2D eigenvalue weighted by molar-refractivity contribution is 5.34. The minimum Gasteiger partial charge on any atom is -0.508 e. The number of hydrogen-bond donors (Lipinski definition) is 2. The molecule has 1 saturated carbocycles. The average molecular weight is 167 g/mol. The number of nitrogens with two attached hydrogens (primary N) is 1. The quantitative estimate of drug-likeness (QED) is 0.663. The number of aromatic hydroxyl groups is 1. The molecule has 1 aliphatic carbocycles. The van der Waals surface area contributed by atoms with Crippen LogP contribution in [0.15, 0.2) is 18.2 Å². The van der Waals surface area contributed by atoms with E-state index in [1.54, 1.807) is 6.07 Å². The summed E-state index contributed by atoms with van der Waals surface area (Å²) in [5.41, 5.74) is 6.20. The number of hydrogen-bond acceptors (Lipinski definition) is 2. The van der Waals surface area contributed by atoms with Crippen LogP contribution in [0, 0.1) is 5.82 Å². The summed E-state index contributed by atoms with van der Waals surface area (Å²) < 4.78 is 13.1. The fourth-order valence-corrected chi connectivity index (χ4v) is 1.39. The van der Waals surface area contributed by atoms with Crippen molar-refractivity contribution >= 4 is 0 Å². The molecule has 3 heteroatoms. The van der Waals surface area contributed by atoms with Crippen molar-refractivity contribution in [3.63, 3.8) is 0 Å². The van der Waals surface area contributed by atoms with E-state index in [0.29, 0.717) is 5.56 Å². The third-order valence-corrected chi connectivity index (χ3v) is 2.22. The molecule has 2 nitrogen and oxygen atoms in total. The monoisotopic (exact) mass is 167 g/mol. The highest BCUT2D eigenvalue weighted by atomic mass is 19.1. The molecule has 0 radical (unpaired) electrons. The van der Waals surface area contributed by atoms with E-state index in [9.17, 15) is 4.39 Å². The lowest BCUT2D eigenvalue weighted by atomic mass is 10.1. The van der Waals surface area contributed by atoms with Gasteiger partial charge in [0.25, 0.3) is 0 Å². The van der Waals surface area contributed by atoms with Gasteiger partial charge in [-0.2, -0.15) is 0 Å². The van der Waals surface area contributed by atoms with E-state index in [1.807, 2.05) is 0 Å². The predicted molar refractivity (Wildman–Crippen MR) is 43.4 cm³/mol. The van der Waals surface area contributed by atoms with Crippen LogP contribution in [-0.2, 0) is 0 Å². The van der Waals surface area contributed by atoms with Crippen LogP contribution < -0.4 is 5.73 Å². The van der Waals surface area contributed by atoms with Gasteiger partial charge in [-0.1, -0.05) is 6.07 Å². The maximum Gasteiger partial charge on any atom is 0.130 e. The molecule has 0 saturated heterocycles. The summed E-state index contributed by atoms with van der Waals surface area (Å²) in [7, 11) is 0. The van der Waals surface area contributed by atoms with Crippen molar-refractivity contribution in [1.82, 2.24) is 0 Å². The van der Waals surface area contributed by atoms with Gasteiger partial charge in [0.1, 0.15) is 11.6 Å². The minimum atomic E-state index is -0.354. The molecule has 2 atom stereocenters. The zero-order valence-electron chi connectivity index (χ0n) is 6.50. The molecule has 12 heavy (non-hydrogen) atoms. The van der Waals surface area contributed by atoms with Crippen LogP contribution in [0.3, 0.4) is 0 Å². The molecule has 64 valence electrons. The molecule has 1 aromatic rings. The van der Waals surface area contributed by atoms with Crippen molar-refractivity contribution in [2.45, 2.75) is 18.4 Å². The third kappa shape index (κ3) is 1.16. The Balaban J connectivity index is 2.33. The summed E-state index contributed by atoms with van der Waals surface area (Å²) in [6, 6.07) is 4.32. The number of phenols is 1. The van der Waals surface area contributed by atoms with Gasteiger partial charge in [-0.05, 0) is 18.1 Å². The SMILES string of the molecule is NC1CC1c1ccc(O)cc1F. The lowest BCUT2D eigenvalue weighted by molar-refractivity contribution is 0.468. The predicted octanol–water partition coefficient (Wildman–Crippen LogP) is 1.35. The zero-order chi connectivity index (χ0) is 8.72. The fourth-order valence-electron chi connectivity index (χ4n) is 1.39.